The zero-order valence-corrected chi connectivity index (χ0v) is 25.7. The second kappa shape index (κ2) is 15.6. The van der Waals surface area contributed by atoms with Crippen molar-refractivity contribution in [3.8, 4) is 34.8 Å². The van der Waals surface area contributed by atoms with E-state index in [1.807, 2.05) is 96.0 Å². The first-order chi connectivity index (χ1) is 18.2. The molecule has 220 valence electrons. The van der Waals surface area contributed by atoms with Gasteiger partial charge in [0.1, 0.15) is 5.69 Å². The monoisotopic (exact) mass is 735 g/mol. The summed E-state index contributed by atoms with van der Waals surface area (Å²) in [6.45, 7) is 4.07. The van der Waals surface area contributed by atoms with Crippen molar-refractivity contribution in [1.29, 1.82) is 0 Å². The van der Waals surface area contributed by atoms with E-state index in [-0.39, 0.29) is 34.6 Å². The van der Waals surface area contributed by atoms with Crippen molar-refractivity contribution < 1.29 is 19.8 Å². The fraction of sp³-hybridized carbons (Fsp3) is 0.310. The van der Waals surface area contributed by atoms with Gasteiger partial charge < -0.3 is 22.8 Å². The molecule has 0 amide bonds. The Balaban J connectivity index is 0.000000298. The fourth-order valence-electron chi connectivity index (χ4n) is 3.89. The maximum Gasteiger partial charge on any atom is 0.176 e. The normalized spacial score (nSPS) is 9.73. The Morgan fingerprint density at radius 1 is 0.463 bits per heavy atom. The Bertz CT molecular complexity index is 1440. The molecule has 6 heterocycles. The molecule has 0 aliphatic carbocycles. The van der Waals surface area contributed by atoms with Crippen LogP contribution in [0.3, 0.4) is 0 Å². The van der Waals surface area contributed by atoms with Crippen LogP contribution in [0.4, 0.5) is 0 Å². The van der Waals surface area contributed by atoms with Gasteiger partial charge >= 0.3 is 0 Å². The molecule has 12 heteroatoms. The van der Waals surface area contributed by atoms with Gasteiger partial charge in [0.25, 0.3) is 0 Å². The summed E-state index contributed by atoms with van der Waals surface area (Å²) < 4.78 is 9.76. The van der Waals surface area contributed by atoms with Crippen LogP contribution >= 0.6 is 0 Å². The molecule has 0 unspecified atom stereocenters. The van der Waals surface area contributed by atoms with Crippen molar-refractivity contribution in [2.45, 2.75) is 28.7 Å². The maximum absolute atomic E-state index is 4.45. The van der Waals surface area contributed by atoms with Gasteiger partial charge in [-0.3, -0.25) is 0 Å². The zero-order chi connectivity index (χ0) is 27.2. The standard InChI is InChI=1S/C11H13N3.2C8H10N4.2CH4.Os/c1-8-6-9(2)13-10(7-8)11-12-4-5-14(11)3;2*1-11-5-3-9-7(11)8-10-4-6-12(8)2;;;/h4-7H,1-3H3;2*3-6H,1-2H3;2*1H4;. The number of nitrogens with zero attached hydrogens (tertiary/aromatic N) is 11. The fourth-order valence-corrected chi connectivity index (χ4v) is 3.89. The van der Waals surface area contributed by atoms with Crippen molar-refractivity contribution in [2.24, 2.45) is 35.2 Å². The van der Waals surface area contributed by atoms with Crippen LogP contribution in [0.1, 0.15) is 26.1 Å². The first-order valence-electron chi connectivity index (χ1n) is 12.1. The molecule has 41 heavy (non-hydrogen) atoms. The minimum absolute atomic E-state index is 0. The van der Waals surface area contributed by atoms with Crippen LogP contribution < -0.4 is 0 Å². The molecular formula is C29H41N11Os. The van der Waals surface area contributed by atoms with Gasteiger partial charge in [-0.1, -0.05) is 14.9 Å². The van der Waals surface area contributed by atoms with Crippen molar-refractivity contribution >= 4 is 0 Å². The summed E-state index contributed by atoms with van der Waals surface area (Å²) in [7, 11) is 9.80. The molecule has 6 aromatic rings. The van der Waals surface area contributed by atoms with E-state index in [0.29, 0.717) is 0 Å². The SMILES string of the molecule is C.C.Cc1cc(C)nc(-c2nccn2C)c1.Cn1ccnc1-c1nccn1C.Cn1ccnc1-c1nccn1C.[Os]. The molecule has 0 saturated carbocycles. The van der Waals surface area contributed by atoms with Crippen LogP contribution in [0, 0.1) is 13.8 Å². The smallest absolute Gasteiger partial charge is 0.176 e. The number of rotatable bonds is 3. The Hall–Kier alpha value is -4.16. The van der Waals surface area contributed by atoms with E-state index in [0.717, 1.165) is 40.5 Å². The topological polar surface area (TPSA) is 102 Å². The van der Waals surface area contributed by atoms with Crippen molar-refractivity contribution in [2.75, 3.05) is 0 Å². The minimum atomic E-state index is 0. The third kappa shape index (κ3) is 8.41. The second-order valence-electron chi connectivity index (χ2n) is 8.98. The minimum Gasteiger partial charge on any atom is -0.333 e. The van der Waals surface area contributed by atoms with Gasteiger partial charge in [0, 0.05) is 123 Å². The van der Waals surface area contributed by atoms with Gasteiger partial charge in [-0.15, -0.1) is 0 Å². The van der Waals surface area contributed by atoms with E-state index >= 15 is 0 Å². The van der Waals surface area contributed by atoms with Crippen LogP contribution in [-0.4, -0.2) is 52.7 Å². The third-order valence-electron chi connectivity index (χ3n) is 5.83. The summed E-state index contributed by atoms with van der Waals surface area (Å²) in [6, 6.07) is 4.11. The molecule has 0 radical (unpaired) electrons. The molecule has 6 aromatic heterocycles. The number of aryl methyl sites for hydroxylation is 7. The van der Waals surface area contributed by atoms with Crippen molar-refractivity contribution in [3.05, 3.63) is 85.4 Å². The van der Waals surface area contributed by atoms with E-state index < -0.39 is 0 Å². The molecule has 0 atom stereocenters. The summed E-state index contributed by atoms with van der Waals surface area (Å²) >= 11 is 0. The number of imidazole rings is 5. The molecule has 0 bridgehead atoms. The van der Waals surface area contributed by atoms with Gasteiger partial charge in [0.05, 0.1) is 0 Å². The average molecular weight is 734 g/mol. The number of hydrogen-bond acceptors (Lipinski definition) is 6. The van der Waals surface area contributed by atoms with Crippen molar-refractivity contribution in [3.63, 3.8) is 0 Å². The third-order valence-corrected chi connectivity index (χ3v) is 5.83. The predicted molar refractivity (Wildman–Crippen MR) is 160 cm³/mol. The van der Waals surface area contributed by atoms with Crippen LogP contribution in [0.5, 0.6) is 0 Å². The Kier molecular flexibility index (Phi) is 13.2. The molecule has 0 aliphatic heterocycles. The summed E-state index contributed by atoms with van der Waals surface area (Å²) in [6.07, 6.45) is 18.4. The average Bonchev–Trinajstić information content (AvgIpc) is 3.69. The molecular weight excluding hydrogens is 693 g/mol. The second-order valence-corrected chi connectivity index (χ2v) is 8.98. The zero-order valence-electron chi connectivity index (χ0n) is 23.2. The number of pyridine rings is 1. The van der Waals surface area contributed by atoms with E-state index in [2.05, 4.69) is 49.0 Å². The largest absolute Gasteiger partial charge is 0.333 e. The van der Waals surface area contributed by atoms with Crippen LogP contribution in [0.2, 0.25) is 0 Å². The Morgan fingerprint density at radius 2 is 0.756 bits per heavy atom. The molecule has 0 N–H and O–H groups in total. The molecule has 6 rings (SSSR count). The number of hydrogen-bond donors (Lipinski definition) is 0. The van der Waals surface area contributed by atoms with Gasteiger partial charge in [-0.05, 0) is 31.5 Å². The quantitative estimate of drug-likeness (QED) is 0.254. The first-order valence-corrected chi connectivity index (χ1v) is 12.1. The molecule has 0 saturated heterocycles. The van der Waals surface area contributed by atoms with Crippen LogP contribution in [0.25, 0.3) is 34.8 Å². The van der Waals surface area contributed by atoms with Gasteiger partial charge in [-0.25, -0.2) is 29.9 Å². The number of aromatic nitrogens is 11. The molecule has 0 aliphatic rings. The van der Waals surface area contributed by atoms with Gasteiger partial charge in [0.15, 0.2) is 29.1 Å². The van der Waals surface area contributed by atoms with Crippen LogP contribution in [-0.2, 0) is 55.0 Å². The predicted octanol–water partition coefficient (Wildman–Crippen LogP) is 5.01. The van der Waals surface area contributed by atoms with Gasteiger partial charge in [0.2, 0.25) is 0 Å². The molecule has 0 spiro atoms. The Morgan fingerprint density at radius 3 is 1.00 bits per heavy atom. The van der Waals surface area contributed by atoms with E-state index in [1.54, 1.807) is 31.0 Å². The summed E-state index contributed by atoms with van der Waals surface area (Å²) in [4.78, 5) is 25.5. The maximum atomic E-state index is 4.45. The van der Waals surface area contributed by atoms with Crippen molar-refractivity contribution in [1.82, 2.24) is 52.7 Å². The van der Waals surface area contributed by atoms with E-state index in [4.69, 9.17) is 0 Å². The summed E-state index contributed by atoms with van der Waals surface area (Å²) in [5.41, 5.74) is 3.19. The molecule has 11 nitrogen and oxygen atoms in total. The Labute approximate surface area is 256 Å². The van der Waals surface area contributed by atoms with Gasteiger partial charge in [-0.2, -0.15) is 0 Å². The summed E-state index contributed by atoms with van der Waals surface area (Å²) in [5.74, 6) is 4.48. The van der Waals surface area contributed by atoms with Crippen LogP contribution in [0.15, 0.2) is 74.1 Å². The molecule has 0 aromatic carbocycles. The summed E-state index contributed by atoms with van der Waals surface area (Å²) in [5, 5.41) is 0. The van der Waals surface area contributed by atoms with E-state index in [1.165, 1.54) is 5.56 Å². The first kappa shape index (κ1) is 34.9. The van der Waals surface area contributed by atoms with E-state index in [9.17, 15) is 0 Å². The molecule has 0 fully saturated rings.